The Labute approximate surface area is 233 Å². The highest BCUT2D eigenvalue weighted by Gasteiger charge is 2.11. The highest BCUT2D eigenvalue weighted by molar-refractivity contribution is 5.80. The van der Waals surface area contributed by atoms with E-state index in [0.29, 0.717) is 24.0 Å². The van der Waals surface area contributed by atoms with Gasteiger partial charge in [-0.25, -0.2) is 0 Å². The van der Waals surface area contributed by atoms with E-state index < -0.39 is 6.10 Å². The number of ketones is 3. The number of Topliss-reactive ketones (excluding diaryl/α,β-unsaturated/α-hetero) is 3. The zero-order valence-corrected chi connectivity index (χ0v) is 22.0. The van der Waals surface area contributed by atoms with Crippen LogP contribution in [0.4, 0.5) is 0 Å². The lowest BCUT2D eigenvalue weighted by Crippen LogP contribution is -2.19. The molecule has 0 bridgehead atoms. The van der Waals surface area contributed by atoms with Crippen molar-refractivity contribution in [1.82, 2.24) is 0 Å². The summed E-state index contributed by atoms with van der Waals surface area (Å²) in [5.74, 6) is -1.27. The Kier molecular flexibility index (Phi) is 15.2. The monoisotopic (exact) mass is 558 g/mol. The van der Waals surface area contributed by atoms with Gasteiger partial charge in [-0.3, -0.25) is 9.59 Å². The van der Waals surface area contributed by atoms with Gasteiger partial charge in [0.2, 0.25) is 0 Å². The standard InChI is InChI=1S/C10H12O4.C10H12O3.C9H10O3.CH4/c1-6(11)9(13)4-7-2-3-8(12)10(14)5-7;1-7(11)2-3-8-4-5-9(12)10(13)6-8;1-6(10)4-7-2-3-8(11)9(12)5-7;/h2-3,5,9,12-14H,4H2,1H3;4-6,12-13H,2-3H2,1H3;2-3,5,11-12H,4H2,1H3;1H4. The number of phenols is 6. The highest BCUT2D eigenvalue weighted by Crippen LogP contribution is 2.26. The molecule has 0 fully saturated rings. The average molecular weight is 559 g/mol. The van der Waals surface area contributed by atoms with Gasteiger partial charge in [0.1, 0.15) is 17.7 Å². The van der Waals surface area contributed by atoms with Crippen molar-refractivity contribution < 1.29 is 50.1 Å². The Morgan fingerprint density at radius 1 is 0.600 bits per heavy atom. The predicted molar refractivity (Wildman–Crippen MR) is 150 cm³/mol. The topological polar surface area (TPSA) is 193 Å². The van der Waals surface area contributed by atoms with Crippen LogP contribution in [0.5, 0.6) is 34.5 Å². The Bertz CT molecular complexity index is 1280. The van der Waals surface area contributed by atoms with Crippen LogP contribution in [0.3, 0.4) is 0 Å². The first kappa shape index (κ1) is 35.4. The Morgan fingerprint density at radius 3 is 1.40 bits per heavy atom. The second-order valence-corrected chi connectivity index (χ2v) is 8.88. The van der Waals surface area contributed by atoms with Crippen LogP contribution >= 0.6 is 0 Å². The molecule has 218 valence electrons. The number of carbonyl (C=O) groups excluding carboxylic acids is 3. The average Bonchev–Trinajstić information content (AvgIpc) is 2.85. The van der Waals surface area contributed by atoms with Crippen molar-refractivity contribution in [3.05, 3.63) is 71.3 Å². The van der Waals surface area contributed by atoms with Gasteiger partial charge < -0.3 is 40.5 Å². The summed E-state index contributed by atoms with van der Waals surface area (Å²) in [4.78, 5) is 32.1. The van der Waals surface area contributed by atoms with Crippen molar-refractivity contribution in [3.63, 3.8) is 0 Å². The third-order valence-electron chi connectivity index (χ3n) is 5.24. The fourth-order valence-corrected chi connectivity index (χ4v) is 3.07. The molecule has 0 saturated heterocycles. The van der Waals surface area contributed by atoms with Gasteiger partial charge in [0.25, 0.3) is 0 Å². The molecule has 10 heteroatoms. The van der Waals surface area contributed by atoms with Crippen molar-refractivity contribution in [3.8, 4) is 34.5 Å². The molecular weight excluding hydrogens is 520 g/mol. The second-order valence-electron chi connectivity index (χ2n) is 8.88. The molecule has 3 aromatic rings. The Morgan fingerprint density at radius 2 is 1.00 bits per heavy atom. The van der Waals surface area contributed by atoms with Gasteiger partial charge in [-0.15, -0.1) is 0 Å². The number of carbonyl (C=O) groups is 3. The minimum absolute atomic E-state index is 0. The quantitative estimate of drug-likeness (QED) is 0.198. The van der Waals surface area contributed by atoms with Crippen LogP contribution in [0, 0.1) is 0 Å². The van der Waals surface area contributed by atoms with E-state index in [9.17, 15) is 19.5 Å². The molecule has 0 aliphatic carbocycles. The number of hydrogen-bond donors (Lipinski definition) is 7. The molecule has 0 aliphatic heterocycles. The van der Waals surface area contributed by atoms with Crippen LogP contribution < -0.4 is 0 Å². The molecule has 3 aromatic carbocycles. The molecule has 0 aliphatic rings. The maximum absolute atomic E-state index is 10.7. The number of aliphatic hydroxyl groups is 1. The molecule has 0 heterocycles. The van der Waals surface area contributed by atoms with Gasteiger partial charge in [-0.05, 0) is 80.3 Å². The van der Waals surface area contributed by atoms with E-state index in [0.717, 1.165) is 5.56 Å². The minimum atomic E-state index is -1.06. The summed E-state index contributed by atoms with van der Waals surface area (Å²) in [7, 11) is 0. The number of aryl methyl sites for hydroxylation is 1. The van der Waals surface area contributed by atoms with Crippen LogP contribution in [0.25, 0.3) is 0 Å². The predicted octanol–water partition coefficient (Wildman–Crippen LogP) is 4.08. The van der Waals surface area contributed by atoms with E-state index in [1.807, 2.05) is 0 Å². The highest BCUT2D eigenvalue weighted by atomic mass is 16.3. The SMILES string of the molecule is C.CC(=O)C(O)Cc1ccc(O)c(O)c1.CC(=O)CCc1ccc(O)c(O)c1.CC(=O)Cc1ccc(O)c(O)c1. The van der Waals surface area contributed by atoms with Gasteiger partial charge in [0.05, 0.1) is 0 Å². The van der Waals surface area contributed by atoms with E-state index in [-0.39, 0.29) is 72.1 Å². The van der Waals surface area contributed by atoms with E-state index in [1.54, 1.807) is 18.2 Å². The molecule has 0 saturated carbocycles. The molecule has 0 spiro atoms. The van der Waals surface area contributed by atoms with Gasteiger partial charge >= 0.3 is 0 Å². The molecule has 40 heavy (non-hydrogen) atoms. The van der Waals surface area contributed by atoms with E-state index >= 15 is 0 Å². The third kappa shape index (κ3) is 13.3. The largest absolute Gasteiger partial charge is 0.504 e. The van der Waals surface area contributed by atoms with Crippen molar-refractivity contribution in [1.29, 1.82) is 0 Å². The lowest BCUT2D eigenvalue weighted by atomic mass is 10.1. The van der Waals surface area contributed by atoms with Crippen LogP contribution in [0.2, 0.25) is 0 Å². The van der Waals surface area contributed by atoms with E-state index in [1.165, 1.54) is 57.2 Å². The first-order valence-corrected chi connectivity index (χ1v) is 11.9. The maximum Gasteiger partial charge on any atom is 0.158 e. The van der Waals surface area contributed by atoms with Crippen molar-refractivity contribution >= 4 is 17.3 Å². The fourth-order valence-electron chi connectivity index (χ4n) is 3.07. The summed E-state index contributed by atoms with van der Waals surface area (Å²) >= 11 is 0. The molecule has 10 nitrogen and oxygen atoms in total. The zero-order chi connectivity index (χ0) is 29.7. The maximum atomic E-state index is 10.7. The molecule has 3 rings (SSSR count). The van der Waals surface area contributed by atoms with Crippen LogP contribution in [-0.4, -0.2) is 59.2 Å². The Balaban J connectivity index is 0.000000565. The number of aromatic hydroxyl groups is 6. The molecular formula is C30H38O10. The summed E-state index contributed by atoms with van der Waals surface area (Å²) < 4.78 is 0. The Hall–Kier alpha value is -4.57. The van der Waals surface area contributed by atoms with Crippen LogP contribution in [0.1, 0.15) is 51.3 Å². The summed E-state index contributed by atoms with van der Waals surface area (Å²) in [6.45, 7) is 4.30. The number of rotatable bonds is 8. The molecule has 1 atom stereocenters. The number of hydrogen-bond acceptors (Lipinski definition) is 10. The summed E-state index contributed by atoms with van der Waals surface area (Å²) in [5.41, 5.74) is 2.16. The molecule has 1 unspecified atom stereocenters. The van der Waals surface area contributed by atoms with Crippen molar-refractivity contribution in [2.45, 2.75) is 60.0 Å². The molecule has 0 aromatic heterocycles. The lowest BCUT2D eigenvalue weighted by molar-refractivity contribution is -0.124. The van der Waals surface area contributed by atoms with Gasteiger partial charge in [0, 0.05) is 19.3 Å². The lowest BCUT2D eigenvalue weighted by Gasteiger charge is -2.07. The second kappa shape index (κ2) is 17.1. The normalized spacial score (nSPS) is 10.5. The summed E-state index contributed by atoms with van der Waals surface area (Å²) in [6.07, 6.45) is 0.434. The van der Waals surface area contributed by atoms with E-state index in [4.69, 9.17) is 30.6 Å². The van der Waals surface area contributed by atoms with Gasteiger partial charge in [0.15, 0.2) is 40.3 Å². The fraction of sp³-hybridized carbons (Fsp3) is 0.300. The summed E-state index contributed by atoms with van der Waals surface area (Å²) in [5, 5.41) is 63.5. The van der Waals surface area contributed by atoms with Gasteiger partial charge in [-0.1, -0.05) is 25.6 Å². The summed E-state index contributed by atoms with van der Waals surface area (Å²) in [6, 6.07) is 13.1. The zero-order valence-electron chi connectivity index (χ0n) is 22.0. The molecule has 7 N–H and O–H groups in total. The van der Waals surface area contributed by atoms with Crippen LogP contribution in [-0.2, 0) is 33.6 Å². The molecule has 0 amide bonds. The number of benzene rings is 3. The third-order valence-corrected chi connectivity index (χ3v) is 5.24. The van der Waals surface area contributed by atoms with Crippen molar-refractivity contribution in [2.75, 3.05) is 0 Å². The van der Waals surface area contributed by atoms with Crippen molar-refractivity contribution in [2.24, 2.45) is 0 Å². The smallest absolute Gasteiger partial charge is 0.158 e. The number of phenolic OH excluding ortho intramolecular Hbond substituents is 6. The first-order chi connectivity index (χ1) is 18.2. The first-order valence-electron chi connectivity index (χ1n) is 11.9. The molecule has 0 radical (unpaired) electrons. The number of aliphatic hydroxyl groups excluding tert-OH is 1. The van der Waals surface area contributed by atoms with E-state index in [2.05, 4.69) is 0 Å². The van der Waals surface area contributed by atoms with Gasteiger partial charge in [-0.2, -0.15) is 0 Å². The minimum Gasteiger partial charge on any atom is -0.504 e. The van der Waals surface area contributed by atoms with Crippen LogP contribution in [0.15, 0.2) is 54.6 Å².